The van der Waals surface area contributed by atoms with E-state index in [1.54, 1.807) is 6.07 Å². The van der Waals surface area contributed by atoms with Crippen LogP contribution >= 0.6 is 11.6 Å². The molecule has 0 spiro atoms. The molecule has 1 aromatic carbocycles. The summed E-state index contributed by atoms with van der Waals surface area (Å²) < 4.78 is 14.1. The Bertz CT molecular complexity index is 456. The summed E-state index contributed by atoms with van der Waals surface area (Å²) in [4.78, 5) is 2.50. The Hall–Kier alpha value is -0.640. The molecule has 1 fully saturated rings. The molecule has 0 aromatic heterocycles. The molecule has 1 heterocycles. The number of likely N-dealkylation sites (N-methyl/N-ethyl adjacent to an activating group) is 1. The van der Waals surface area contributed by atoms with Gasteiger partial charge in [0, 0.05) is 11.6 Å². The molecule has 2 nitrogen and oxygen atoms in total. The molecule has 1 aliphatic heterocycles. The Balaban J connectivity index is 2.17. The maximum Gasteiger partial charge on any atom is 0.145 e. The van der Waals surface area contributed by atoms with Crippen molar-refractivity contribution < 1.29 is 4.39 Å². The molecule has 20 heavy (non-hydrogen) atoms. The second-order valence-corrected chi connectivity index (χ2v) is 6.51. The van der Waals surface area contributed by atoms with Crippen molar-refractivity contribution in [2.24, 2.45) is 0 Å². The van der Waals surface area contributed by atoms with Crippen LogP contribution in [-0.4, -0.2) is 36.6 Å². The summed E-state index contributed by atoms with van der Waals surface area (Å²) in [7, 11) is 1.95. The lowest BCUT2D eigenvalue weighted by atomic mass is 9.87. The Morgan fingerprint density at radius 3 is 2.60 bits per heavy atom. The minimum absolute atomic E-state index is 0.00000756. The molecule has 1 unspecified atom stereocenters. The zero-order valence-electron chi connectivity index (χ0n) is 12.5. The van der Waals surface area contributed by atoms with E-state index in [9.17, 15) is 4.39 Å². The van der Waals surface area contributed by atoms with Crippen LogP contribution in [0.2, 0.25) is 5.02 Å². The van der Waals surface area contributed by atoms with Crippen molar-refractivity contribution in [1.82, 2.24) is 10.2 Å². The van der Waals surface area contributed by atoms with Crippen LogP contribution in [-0.2, 0) is 6.42 Å². The minimum Gasteiger partial charge on any atom is -0.315 e. The van der Waals surface area contributed by atoms with Crippen LogP contribution in [0.5, 0.6) is 0 Å². The third kappa shape index (κ3) is 3.16. The summed E-state index contributed by atoms with van der Waals surface area (Å²) in [5, 5.41) is 3.57. The molecule has 2 rings (SSSR count). The first-order valence-corrected chi connectivity index (χ1v) is 7.70. The summed E-state index contributed by atoms with van der Waals surface area (Å²) in [5.41, 5.74) is 0.684. The SMILES string of the molecule is CNC(Cc1cccc(Cl)c1F)C(C)(C)N1CCCC1. The largest absolute Gasteiger partial charge is 0.315 e. The van der Waals surface area contributed by atoms with Gasteiger partial charge in [0.05, 0.1) is 5.02 Å². The van der Waals surface area contributed by atoms with Gasteiger partial charge in [-0.3, -0.25) is 4.90 Å². The van der Waals surface area contributed by atoms with Crippen LogP contribution in [0.3, 0.4) is 0 Å². The Morgan fingerprint density at radius 2 is 2.00 bits per heavy atom. The highest BCUT2D eigenvalue weighted by Crippen LogP contribution is 2.27. The summed E-state index contributed by atoms with van der Waals surface area (Å²) >= 11 is 5.88. The van der Waals surface area contributed by atoms with Crippen molar-refractivity contribution in [3.8, 4) is 0 Å². The van der Waals surface area contributed by atoms with Gasteiger partial charge in [0.1, 0.15) is 5.82 Å². The number of likely N-dealkylation sites (tertiary alicyclic amines) is 1. The highest BCUT2D eigenvalue weighted by Gasteiger charge is 2.36. The highest BCUT2D eigenvalue weighted by atomic mass is 35.5. The number of hydrogen-bond acceptors (Lipinski definition) is 2. The predicted octanol–water partition coefficient (Wildman–Crippen LogP) is 3.48. The quantitative estimate of drug-likeness (QED) is 0.895. The zero-order chi connectivity index (χ0) is 14.8. The molecule has 0 saturated carbocycles. The van der Waals surface area contributed by atoms with Gasteiger partial charge in [0.25, 0.3) is 0 Å². The van der Waals surface area contributed by atoms with Gasteiger partial charge in [0.15, 0.2) is 0 Å². The third-order valence-corrected chi connectivity index (χ3v) is 4.87. The number of halogens is 2. The molecule has 1 atom stereocenters. The molecule has 0 amide bonds. The fraction of sp³-hybridized carbons (Fsp3) is 0.625. The first-order chi connectivity index (χ1) is 9.46. The van der Waals surface area contributed by atoms with Crippen LogP contribution in [0.25, 0.3) is 0 Å². The number of hydrogen-bond donors (Lipinski definition) is 1. The van der Waals surface area contributed by atoms with E-state index in [0.29, 0.717) is 12.0 Å². The summed E-state index contributed by atoms with van der Waals surface area (Å²) in [6, 6.07) is 5.43. The van der Waals surface area contributed by atoms with Gasteiger partial charge in [-0.25, -0.2) is 4.39 Å². The molecule has 1 aromatic rings. The molecule has 1 saturated heterocycles. The van der Waals surface area contributed by atoms with Crippen molar-refractivity contribution in [2.75, 3.05) is 20.1 Å². The fourth-order valence-electron chi connectivity index (χ4n) is 3.14. The van der Waals surface area contributed by atoms with Crippen molar-refractivity contribution in [3.63, 3.8) is 0 Å². The molecule has 1 aliphatic rings. The highest BCUT2D eigenvalue weighted by molar-refractivity contribution is 6.30. The van der Waals surface area contributed by atoms with E-state index in [2.05, 4.69) is 24.1 Å². The standard InChI is InChI=1S/C16H24ClFN2/c1-16(2,20-9-4-5-10-20)14(19-3)11-12-7-6-8-13(17)15(12)18/h6-8,14,19H,4-5,9-11H2,1-3H3. The second kappa shape index (κ2) is 6.42. The van der Waals surface area contributed by atoms with Crippen molar-refractivity contribution in [3.05, 3.63) is 34.6 Å². The Kier molecular flexibility index (Phi) is 5.05. The van der Waals surface area contributed by atoms with Crippen LogP contribution < -0.4 is 5.32 Å². The van der Waals surface area contributed by atoms with Gasteiger partial charge >= 0.3 is 0 Å². The van der Waals surface area contributed by atoms with Crippen molar-refractivity contribution in [2.45, 2.75) is 44.7 Å². The molecule has 0 radical (unpaired) electrons. The number of rotatable bonds is 5. The van der Waals surface area contributed by atoms with Crippen LogP contribution in [0, 0.1) is 5.82 Å². The van der Waals surface area contributed by atoms with Crippen LogP contribution in [0.15, 0.2) is 18.2 Å². The van der Waals surface area contributed by atoms with Crippen LogP contribution in [0.4, 0.5) is 4.39 Å². The Morgan fingerprint density at radius 1 is 1.35 bits per heavy atom. The minimum atomic E-state index is -0.286. The maximum atomic E-state index is 14.1. The first kappa shape index (κ1) is 15.7. The molecule has 0 bridgehead atoms. The van der Waals surface area contributed by atoms with Gasteiger partial charge in [-0.2, -0.15) is 0 Å². The monoisotopic (exact) mass is 298 g/mol. The summed E-state index contributed by atoms with van der Waals surface area (Å²) in [6.07, 6.45) is 3.16. The van der Waals surface area contributed by atoms with E-state index in [4.69, 9.17) is 11.6 Å². The smallest absolute Gasteiger partial charge is 0.145 e. The van der Waals surface area contributed by atoms with Gasteiger partial charge < -0.3 is 5.32 Å². The lowest BCUT2D eigenvalue weighted by molar-refractivity contribution is 0.110. The van der Waals surface area contributed by atoms with Crippen LogP contribution in [0.1, 0.15) is 32.3 Å². The molecule has 1 N–H and O–H groups in total. The topological polar surface area (TPSA) is 15.3 Å². The van der Waals surface area contributed by atoms with Gasteiger partial charge in [-0.05, 0) is 64.9 Å². The Labute approximate surface area is 126 Å². The third-order valence-electron chi connectivity index (χ3n) is 4.58. The molecule has 0 aliphatic carbocycles. The number of benzene rings is 1. The summed E-state index contributed by atoms with van der Waals surface area (Å²) in [5.74, 6) is -0.286. The predicted molar refractivity (Wildman–Crippen MR) is 82.8 cm³/mol. The number of nitrogens with zero attached hydrogens (tertiary/aromatic N) is 1. The lowest BCUT2D eigenvalue weighted by Crippen LogP contribution is -2.57. The molecule has 112 valence electrons. The van der Waals surface area contributed by atoms with Gasteiger partial charge in [-0.15, -0.1) is 0 Å². The normalized spacial score (nSPS) is 18.4. The second-order valence-electron chi connectivity index (χ2n) is 6.11. The molecule has 4 heteroatoms. The van der Waals surface area contributed by atoms with Gasteiger partial charge in [-0.1, -0.05) is 23.7 Å². The van der Waals surface area contributed by atoms with E-state index in [-0.39, 0.29) is 22.4 Å². The average molecular weight is 299 g/mol. The van der Waals surface area contributed by atoms with Crippen molar-refractivity contribution >= 4 is 11.6 Å². The summed E-state index contributed by atoms with van der Waals surface area (Å²) in [6.45, 7) is 6.73. The van der Waals surface area contributed by atoms with Crippen molar-refractivity contribution in [1.29, 1.82) is 0 Å². The zero-order valence-corrected chi connectivity index (χ0v) is 13.3. The van der Waals surface area contributed by atoms with E-state index >= 15 is 0 Å². The average Bonchev–Trinajstić information content (AvgIpc) is 2.95. The van der Waals surface area contributed by atoms with E-state index in [1.165, 1.54) is 12.8 Å². The maximum absolute atomic E-state index is 14.1. The first-order valence-electron chi connectivity index (χ1n) is 7.32. The lowest BCUT2D eigenvalue weighted by Gasteiger charge is -2.42. The van der Waals surface area contributed by atoms with E-state index < -0.39 is 0 Å². The van der Waals surface area contributed by atoms with E-state index in [0.717, 1.165) is 13.1 Å². The van der Waals surface area contributed by atoms with Gasteiger partial charge in [0.2, 0.25) is 0 Å². The fourth-order valence-corrected chi connectivity index (χ4v) is 3.34. The van der Waals surface area contributed by atoms with E-state index in [1.807, 2.05) is 19.2 Å². The number of nitrogens with one attached hydrogen (secondary N) is 1. The molecular weight excluding hydrogens is 275 g/mol. The molecular formula is C16H24ClFN2.